The molecule has 0 heterocycles. The molecule has 0 atom stereocenters. The van der Waals surface area contributed by atoms with Crippen LogP contribution >= 0.6 is 11.6 Å². The van der Waals surface area contributed by atoms with Crippen molar-refractivity contribution in [3.8, 4) is 0 Å². The number of carbonyl (C=O) groups is 2. The Morgan fingerprint density at radius 2 is 1.78 bits per heavy atom. The lowest BCUT2D eigenvalue weighted by Gasteiger charge is -2.22. The third-order valence-electron chi connectivity index (χ3n) is 3.21. The highest BCUT2D eigenvalue weighted by atomic mass is 35.5. The van der Waals surface area contributed by atoms with Gasteiger partial charge in [0.15, 0.2) is 0 Å². The first-order valence-electron chi connectivity index (χ1n) is 7.05. The van der Waals surface area contributed by atoms with E-state index in [0.29, 0.717) is 16.4 Å². The molecule has 0 saturated heterocycles. The van der Waals surface area contributed by atoms with E-state index in [1.165, 1.54) is 36.1 Å². The van der Waals surface area contributed by atoms with Crippen LogP contribution in [0, 0.1) is 5.82 Å². The topological polar surface area (TPSA) is 49.4 Å². The number of hydrogen-bond donors (Lipinski definition) is 1. The summed E-state index contributed by atoms with van der Waals surface area (Å²) < 4.78 is 12.8. The predicted octanol–water partition coefficient (Wildman–Crippen LogP) is 3.86. The van der Waals surface area contributed by atoms with Gasteiger partial charge < -0.3 is 10.2 Å². The van der Waals surface area contributed by atoms with Crippen molar-refractivity contribution in [1.29, 1.82) is 0 Å². The zero-order valence-electron chi connectivity index (χ0n) is 12.6. The molecule has 0 fully saturated rings. The van der Waals surface area contributed by atoms with E-state index in [2.05, 4.69) is 5.32 Å². The highest BCUT2D eigenvalue weighted by Gasteiger charge is 2.15. The number of halogens is 2. The van der Waals surface area contributed by atoms with Gasteiger partial charge in [-0.25, -0.2) is 4.39 Å². The van der Waals surface area contributed by atoms with Crippen LogP contribution in [0.3, 0.4) is 0 Å². The number of benzene rings is 2. The van der Waals surface area contributed by atoms with Gasteiger partial charge in [-0.3, -0.25) is 9.59 Å². The van der Waals surface area contributed by atoms with Crippen LogP contribution < -0.4 is 10.2 Å². The SMILES string of the molecule is CC(=O)N(CCC(=O)Nc1ccc(F)cc1)c1ccccc1Cl. The third kappa shape index (κ3) is 4.79. The summed E-state index contributed by atoms with van der Waals surface area (Å²) in [6.07, 6.45) is 0.0994. The van der Waals surface area contributed by atoms with Crippen molar-refractivity contribution in [2.24, 2.45) is 0 Å². The van der Waals surface area contributed by atoms with Gasteiger partial charge in [-0.05, 0) is 36.4 Å². The lowest BCUT2D eigenvalue weighted by molar-refractivity contribution is -0.117. The fraction of sp³-hybridized carbons (Fsp3) is 0.176. The maximum absolute atomic E-state index is 12.8. The summed E-state index contributed by atoms with van der Waals surface area (Å²) in [5.41, 5.74) is 1.07. The molecule has 23 heavy (non-hydrogen) atoms. The molecule has 1 N–H and O–H groups in total. The Kier molecular flexibility index (Phi) is 5.71. The lowest BCUT2D eigenvalue weighted by atomic mass is 10.2. The van der Waals surface area contributed by atoms with E-state index in [-0.39, 0.29) is 30.6 Å². The van der Waals surface area contributed by atoms with Crippen LogP contribution in [0.1, 0.15) is 13.3 Å². The number of hydrogen-bond acceptors (Lipinski definition) is 2. The van der Waals surface area contributed by atoms with Gasteiger partial charge >= 0.3 is 0 Å². The minimum atomic E-state index is -0.371. The predicted molar refractivity (Wildman–Crippen MR) is 89.1 cm³/mol. The zero-order chi connectivity index (χ0) is 16.8. The Balaban J connectivity index is 1.99. The van der Waals surface area contributed by atoms with Crippen LogP contribution in [0.2, 0.25) is 5.02 Å². The monoisotopic (exact) mass is 334 g/mol. The molecule has 0 saturated carbocycles. The first-order valence-corrected chi connectivity index (χ1v) is 7.43. The molecule has 6 heteroatoms. The van der Waals surface area contributed by atoms with E-state index < -0.39 is 0 Å². The second kappa shape index (κ2) is 7.74. The molecule has 0 aliphatic heterocycles. The molecule has 0 unspecified atom stereocenters. The maximum Gasteiger partial charge on any atom is 0.226 e. The van der Waals surface area contributed by atoms with Crippen molar-refractivity contribution in [2.75, 3.05) is 16.8 Å². The van der Waals surface area contributed by atoms with Gasteiger partial charge in [0, 0.05) is 25.6 Å². The average molecular weight is 335 g/mol. The molecule has 120 valence electrons. The van der Waals surface area contributed by atoms with Crippen molar-refractivity contribution in [3.05, 3.63) is 59.4 Å². The standard InChI is InChI=1S/C17H16ClFN2O2/c1-12(22)21(16-5-3-2-4-15(16)18)11-10-17(23)20-14-8-6-13(19)7-9-14/h2-9H,10-11H2,1H3,(H,20,23). The Hall–Kier alpha value is -2.40. The quantitative estimate of drug-likeness (QED) is 0.902. The Labute approximate surface area is 138 Å². The first-order chi connectivity index (χ1) is 11.0. The molecule has 0 aliphatic rings. The molecule has 0 spiro atoms. The number of nitrogens with one attached hydrogen (secondary N) is 1. The van der Waals surface area contributed by atoms with Crippen LogP contribution in [-0.2, 0) is 9.59 Å². The molecule has 2 amide bonds. The molecule has 2 rings (SSSR count). The van der Waals surface area contributed by atoms with Crippen LogP contribution in [0.25, 0.3) is 0 Å². The summed E-state index contributed by atoms with van der Waals surface area (Å²) in [7, 11) is 0. The van der Waals surface area contributed by atoms with E-state index in [0.717, 1.165) is 0 Å². The first kappa shape index (κ1) is 17.0. The van der Waals surface area contributed by atoms with Crippen molar-refractivity contribution in [2.45, 2.75) is 13.3 Å². The molecule has 4 nitrogen and oxygen atoms in total. The average Bonchev–Trinajstić information content (AvgIpc) is 2.51. The fourth-order valence-corrected chi connectivity index (χ4v) is 2.33. The molecule has 0 aromatic heterocycles. The van der Waals surface area contributed by atoms with Gasteiger partial charge in [0.1, 0.15) is 5.82 Å². The van der Waals surface area contributed by atoms with E-state index in [9.17, 15) is 14.0 Å². The minimum absolute atomic E-state index is 0.0994. The van der Waals surface area contributed by atoms with Gasteiger partial charge in [-0.2, -0.15) is 0 Å². The van der Waals surface area contributed by atoms with Crippen molar-refractivity contribution < 1.29 is 14.0 Å². The highest BCUT2D eigenvalue weighted by Crippen LogP contribution is 2.25. The van der Waals surface area contributed by atoms with Crippen molar-refractivity contribution in [3.63, 3.8) is 0 Å². The Morgan fingerprint density at radius 1 is 1.13 bits per heavy atom. The third-order valence-corrected chi connectivity index (χ3v) is 3.53. The second-order valence-corrected chi connectivity index (χ2v) is 5.33. The fourth-order valence-electron chi connectivity index (χ4n) is 2.09. The summed E-state index contributed by atoms with van der Waals surface area (Å²) in [6.45, 7) is 1.62. The number of carbonyl (C=O) groups excluding carboxylic acids is 2. The number of rotatable bonds is 5. The smallest absolute Gasteiger partial charge is 0.226 e. The van der Waals surface area contributed by atoms with Gasteiger partial charge in [0.25, 0.3) is 0 Å². The molecule has 2 aromatic carbocycles. The molecular weight excluding hydrogens is 319 g/mol. The van der Waals surface area contributed by atoms with E-state index >= 15 is 0 Å². The molecule has 0 radical (unpaired) electrons. The number of amides is 2. The number of nitrogens with zero attached hydrogens (tertiary/aromatic N) is 1. The summed E-state index contributed by atoms with van der Waals surface area (Å²) in [6, 6.07) is 12.4. The maximum atomic E-state index is 12.8. The van der Waals surface area contributed by atoms with Crippen molar-refractivity contribution in [1.82, 2.24) is 0 Å². The van der Waals surface area contributed by atoms with Crippen LogP contribution in [0.4, 0.5) is 15.8 Å². The normalized spacial score (nSPS) is 10.2. The van der Waals surface area contributed by atoms with Gasteiger partial charge in [0.2, 0.25) is 11.8 Å². The Morgan fingerprint density at radius 3 is 2.39 bits per heavy atom. The molecule has 0 bridgehead atoms. The minimum Gasteiger partial charge on any atom is -0.326 e. The highest BCUT2D eigenvalue weighted by molar-refractivity contribution is 6.33. The molecule has 2 aromatic rings. The summed E-state index contributed by atoms with van der Waals surface area (Å²) >= 11 is 6.09. The summed E-state index contributed by atoms with van der Waals surface area (Å²) in [5.74, 6) is -0.841. The molecular formula is C17H16ClFN2O2. The van der Waals surface area contributed by atoms with Gasteiger partial charge in [-0.15, -0.1) is 0 Å². The lowest BCUT2D eigenvalue weighted by Crippen LogP contribution is -2.32. The van der Waals surface area contributed by atoms with Crippen LogP contribution in [-0.4, -0.2) is 18.4 Å². The number of para-hydroxylation sites is 1. The second-order valence-electron chi connectivity index (χ2n) is 4.93. The summed E-state index contributed by atoms with van der Waals surface area (Å²) in [5, 5.41) is 3.10. The van der Waals surface area contributed by atoms with E-state index in [4.69, 9.17) is 11.6 Å². The largest absolute Gasteiger partial charge is 0.326 e. The van der Waals surface area contributed by atoms with Gasteiger partial charge in [-0.1, -0.05) is 23.7 Å². The van der Waals surface area contributed by atoms with Crippen LogP contribution in [0.5, 0.6) is 0 Å². The molecule has 0 aliphatic carbocycles. The zero-order valence-corrected chi connectivity index (χ0v) is 13.3. The Bertz CT molecular complexity index is 704. The van der Waals surface area contributed by atoms with E-state index in [1.54, 1.807) is 24.3 Å². The van der Waals surface area contributed by atoms with Crippen molar-refractivity contribution >= 4 is 34.8 Å². The summed E-state index contributed by atoms with van der Waals surface area (Å²) in [4.78, 5) is 25.2. The van der Waals surface area contributed by atoms with Crippen LogP contribution in [0.15, 0.2) is 48.5 Å². The number of anilines is 2. The van der Waals surface area contributed by atoms with Gasteiger partial charge in [0.05, 0.1) is 10.7 Å². The van der Waals surface area contributed by atoms with E-state index in [1.807, 2.05) is 0 Å².